The van der Waals surface area contributed by atoms with Crippen LogP contribution in [0.3, 0.4) is 0 Å². The van der Waals surface area contributed by atoms with E-state index in [4.69, 9.17) is 5.41 Å². The van der Waals surface area contributed by atoms with E-state index in [1.54, 1.807) is 10.8 Å². The van der Waals surface area contributed by atoms with E-state index in [1.807, 2.05) is 44.2 Å². The van der Waals surface area contributed by atoms with Gasteiger partial charge in [0, 0.05) is 0 Å². The number of fused-ring (bicyclic) bond motifs is 1. The normalized spacial score (nSPS) is 13.2. The first-order chi connectivity index (χ1) is 10.6. The Morgan fingerprint density at radius 1 is 1.45 bits per heavy atom. The summed E-state index contributed by atoms with van der Waals surface area (Å²) in [6.45, 7) is 4.03. The first kappa shape index (κ1) is 14.5. The molecule has 0 radical (unpaired) electrons. The molecule has 0 amide bonds. The zero-order valence-electron chi connectivity index (χ0n) is 12.4. The molecule has 1 aromatic carbocycles. The highest BCUT2D eigenvalue weighted by molar-refractivity contribution is 7.11. The van der Waals surface area contributed by atoms with Gasteiger partial charge in [-0.3, -0.25) is 15.3 Å². The van der Waals surface area contributed by atoms with Crippen molar-refractivity contribution in [2.45, 2.75) is 20.3 Å². The number of nitrogens with one attached hydrogen (secondary N) is 2. The van der Waals surface area contributed by atoms with Crippen LogP contribution in [0, 0.1) is 12.3 Å². The minimum Gasteiger partial charge on any atom is -0.282 e. The lowest BCUT2D eigenvalue weighted by Crippen LogP contribution is -2.47. The van der Waals surface area contributed by atoms with Crippen LogP contribution in [0.1, 0.15) is 24.5 Å². The fraction of sp³-hybridized carbons (Fsp3) is 0.188. The molecule has 2 N–H and O–H groups in total. The topological polar surface area (TPSA) is 74.5 Å². The maximum Gasteiger partial charge on any atom is 0.283 e. The Kier molecular flexibility index (Phi) is 3.77. The number of hydrogen-bond donors (Lipinski definition) is 2. The van der Waals surface area contributed by atoms with Gasteiger partial charge in [0.05, 0.1) is 5.22 Å². The molecule has 0 aromatic heterocycles. The fourth-order valence-corrected chi connectivity index (χ4v) is 3.19. The zero-order chi connectivity index (χ0) is 15.7. The first-order valence-corrected chi connectivity index (χ1v) is 7.85. The molecule has 22 heavy (non-hydrogen) atoms. The summed E-state index contributed by atoms with van der Waals surface area (Å²) in [6.07, 6.45) is 4.60. The molecule has 3 rings (SSSR count). The molecule has 5 nitrogen and oxygen atoms in total. The number of rotatable bonds is 2. The van der Waals surface area contributed by atoms with E-state index in [-0.39, 0.29) is 11.0 Å². The van der Waals surface area contributed by atoms with Gasteiger partial charge in [0.15, 0.2) is 5.49 Å². The predicted octanol–water partition coefficient (Wildman–Crippen LogP) is 0.867. The number of aryl methyl sites for hydroxylation is 1. The van der Waals surface area contributed by atoms with Crippen LogP contribution in [0.4, 0.5) is 0 Å². The molecule has 6 heteroatoms. The van der Waals surface area contributed by atoms with E-state index < -0.39 is 0 Å². The van der Waals surface area contributed by atoms with Crippen molar-refractivity contribution >= 4 is 23.5 Å². The molecule has 0 bridgehead atoms. The monoisotopic (exact) mass is 312 g/mol. The Morgan fingerprint density at radius 3 is 3.00 bits per heavy atom. The highest BCUT2D eigenvalue weighted by Gasteiger charge is 2.09. The smallest absolute Gasteiger partial charge is 0.282 e. The van der Waals surface area contributed by atoms with Crippen LogP contribution in [0.15, 0.2) is 29.1 Å². The lowest BCUT2D eigenvalue weighted by atomic mass is 10.1. The van der Waals surface area contributed by atoms with E-state index >= 15 is 0 Å². The van der Waals surface area contributed by atoms with Crippen molar-refractivity contribution in [1.29, 1.82) is 5.41 Å². The van der Waals surface area contributed by atoms with Crippen LogP contribution in [-0.4, -0.2) is 14.8 Å². The number of nitrogens with zero attached hydrogens (tertiary/aromatic N) is 2. The summed E-state index contributed by atoms with van der Waals surface area (Å²) in [5, 5.41) is 12.2. The molecule has 0 aliphatic carbocycles. The van der Waals surface area contributed by atoms with Crippen molar-refractivity contribution in [1.82, 2.24) is 14.8 Å². The van der Waals surface area contributed by atoms with Crippen LogP contribution >= 0.6 is 11.3 Å². The van der Waals surface area contributed by atoms with Gasteiger partial charge in [-0.1, -0.05) is 48.1 Å². The number of aromatic nitrogens is 3. The van der Waals surface area contributed by atoms with Gasteiger partial charge in [0.1, 0.15) is 4.66 Å². The molecule has 0 fully saturated rings. The molecular weight excluding hydrogens is 296 g/mol. The first-order valence-electron chi connectivity index (χ1n) is 7.03. The van der Waals surface area contributed by atoms with Gasteiger partial charge in [-0.2, -0.15) is 4.98 Å². The maximum absolute atomic E-state index is 12.2. The third kappa shape index (κ3) is 2.65. The van der Waals surface area contributed by atoms with Crippen LogP contribution in [0.5, 0.6) is 0 Å². The third-order valence-electron chi connectivity index (χ3n) is 3.26. The van der Waals surface area contributed by atoms with Gasteiger partial charge in [-0.25, -0.2) is 4.68 Å². The summed E-state index contributed by atoms with van der Waals surface area (Å²) in [4.78, 5) is 16.3. The van der Waals surface area contributed by atoms with Crippen molar-refractivity contribution < 1.29 is 0 Å². The van der Waals surface area contributed by atoms with E-state index in [9.17, 15) is 4.79 Å². The zero-order valence-corrected chi connectivity index (χ0v) is 13.2. The molecule has 2 aliphatic heterocycles. The largest absolute Gasteiger partial charge is 0.283 e. The third-order valence-corrected chi connectivity index (χ3v) is 4.20. The second-order valence-electron chi connectivity index (χ2n) is 5.05. The van der Waals surface area contributed by atoms with E-state index in [1.165, 1.54) is 11.3 Å². The average molecular weight is 312 g/mol. The predicted molar refractivity (Wildman–Crippen MR) is 87.9 cm³/mol. The van der Waals surface area contributed by atoms with Gasteiger partial charge in [-0.05, 0) is 31.1 Å². The quantitative estimate of drug-likeness (QED) is 0.737. The average Bonchev–Trinajstić information content (AvgIpc) is 2.87. The minimum atomic E-state index is -0.371. The molecule has 0 saturated heterocycles. The number of H-pyrrole nitrogens is 1. The van der Waals surface area contributed by atoms with Crippen LogP contribution in [0.25, 0.3) is 17.3 Å². The van der Waals surface area contributed by atoms with Gasteiger partial charge in [-0.15, -0.1) is 0 Å². The molecule has 0 saturated carbocycles. The van der Waals surface area contributed by atoms with Gasteiger partial charge < -0.3 is 0 Å². The Hall–Kier alpha value is -2.47. The Labute approximate surface area is 130 Å². The maximum atomic E-state index is 12.2. The summed E-state index contributed by atoms with van der Waals surface area (Å²) < 4.78 is 2.45. The Balaban J connectivity index is 2.32. The van der Waals surface area contributed by atoms with Crippen molar-refractivity contribution in [3.05, 3.63) is 61.1 Å². The number of hydrogen-bond acceptors (Lipinski definition) is 4. The van der Waals surface area contributed by atoms with Crippen molar-refractivity contribution in [2.75, 3.05) is 0 Å². The molecule has 2 aliphatic rings. The second kappa shape index (κ2) is 5.73. The van der Waals surface area contributed by atoms with E-state index in [2.05, 4.69) is 10.1 Å². The second-order valence-corrected chi connectivity index (χ2v) is 6.06. The number of benzene rings is 1. The summed E-state index contributed by atoms with van der Waals surface area (Å²) in [5.41, 5.74) is 1.76. The summed E-state index contributed by atoms with van der Waals surface area (Å²) in [6, 6.07) is 7.81. The molecule has 112 valence electrons. The molecule has 0 spiro atoms. The van der Waals surface area contributed by atoms with E-state index in [0.717, 1.165) is 22.2 Å². The lowest BCUT2D eigenvalue weighted by molar-refractivity contribution is 0.750. The molecule has 2 heterocycles. The Morgan fingerprint density at radius 2 is 2.27 bits per heavy atom. The summed E-state index contributed by atoms with van der Waals surface area (Å²) in [5.74, 6) is 0. The Bertz CT molecular complexity index is 1030. The van der Waals surface area contributed by atoms with Gasteiger partial charge in [0.25, 0.3) is 5.56 Å². The highest BCUT2D eigenvalue weighted by atomic mass is 32.1. The highest BCUT2D eigenvalue weighted by Crippen LogP contribution is 2.04. The molecular formula is C16H16N4OS. The molecule has 1 aromatic rings. The van der Waals surface area contributed by atoms with Gasteiger partial charge >= 0.3 is 0 Å². The SMILES string of the molecule is CCC=c1[nH]n2c(=N)c(=Cc3cccc(C)c3)c(=O)nc-2s1. The standard InChI is InChI=1S/C16H16N4OS/c1-3-5-13-19-20-14(17)12(15(21)18-16(20)22-13)9-11-7-4-6-10(2)8-11/h4-9,17,19H,3H2,1-2H3. The molecule has 0 unspecified atom stereocenters. The van der Waals surface area contributed by atoms with Crippen LogP contribution < -0.4 is 20.9 Å². The van der Waals surface area contributed by atoms with Gasteiger partial charge in [0.2, 0.25) is 5.13 Å². The van der Waals surface area contributed by atoms with Crippen LogP contribution in [0.2, 0.25) is 0 Å². The van der Waals surface area contributed by atoms with Crippen molar-refractivity contribution in [2.24, 2.45) is 0 Å². The fourth-order valence-electron chi connectivity index (χ4n) is 2.25. The summed E-state index contributed by atoms with van der Waals surface area (Å²) >= 11 is 1.37. The van der Waals surface area contributed by atoms with Crippen molar-refractivity contribution in [3.8, 4) is 5.13 Å². The minimum absolute atomic E-state index is 0.128. The molecule has 0 atom stereocenters. The lowest BCUT2D eigenvalue weighted by Gasteiger charge is -2.00. The van der Waals surface area contributed by atoms with Crippen molar-refractivity contribution in [3.63, 3.8) is 0 Å². The summed E-state index contributed by atoms with van der Waals surface area (Å²) in [7, 11) is 0. The number of aromatic amines is 1. The van der Waals surface area contributed by atoms with Crippen LogP contribution in [-0.2, 0) is 0 Å². The van der Waals surface area contributed by atoms with E-state index in [0.29, 0.717) is 10.4 Å².